The van der Waals surface area contributed by atoms with Crippen LogP contribution in [0, 0.1) is 40.9 Å². The van der Waals surface area contributed by atoms with Crippen molar-refractivity contribution in [2.45, 2.75) is 76.3 Å². The lowest BCUT2D eigenvalue weighted by Gasteiger charge is -2.60. The van der Waals surface area contributed by atoms with Crippen molar-refractivity contribution in [3.05, 3.63) is 11.6 Å². The van der Waals surface area contributed by atoms with Crippen molar-refractivity contribution in [3.63, 3.8) is 0 Å². The second-order valence-corrected chi connectivity index (χ2v) is 9.37. The molecule has 0 radical (unpaired) electrons. The maximum atomic E-state index is 11.0. The monoisotopic (exact) mass is 346 g/mol. The van der Waals surface area contributed by atoms with E-state index in [9.17, 15) is 20.4 Å². The summed E-state index contributed by atoms with van der Waals surface area (Å²) in [6.45, 7) is 4.27. The van der Waals surface area contributed by atoms with E-state index in [1.165, 1.54) is 0 Å². The molecule has 9 atom stereocenters. The fourth-order valence-corrected chi connectivity index (χ4v) is 6.95. The molecule has 4 heteroatoms. The number of hydrogen-bond acceptors (Lipinski definition) is 4. The molecule has 0 aromatic rings. The topological polar surface area (TPSA) is 80.9 Å². The molecule has 138 valence electrons. The molecule has 3 fully saturated rings. The minimum absolute atomic E-state index is 0.0531. The van der Waals surface area contributed by atoms with Crippen LogP contribution < -0.4 is 0 Å². The minimum Gasteiger partial charge on any atom is -0.390 e. The predicted octanol–water partition coefficient (Wildman–Crippen LogP) is 1.62. The van der Waals surface area contributed by atoms with Gasteiger partial charge in [0.2, 0.25) is 0 Å². The highest BCUT2D eigenvalue weighted by molar-refractivity contribution is 5.33. The van der Waals surface area contributed by atoms with Crippen molar-refractivity contribution in [2.24, 2.45) is 28.6 Å². The molecule has 4 aliphatic rings. The zero-order chi connectivity index (χ0) is 18.2. The molecule has 4 aliphatic carbocycles. The summed E-state index contributed by atoms with van der Waals surface area (Å²) in [5, 5.41) is 42.5. The average molecular weight is 346 g/mol. The molecule has 3 saturated carbocycles. The second-order valence-electron chi connectivity index (χ2n) is 9.37. The highest BCUT2D eigenvalue weighted by atomic mass is 16.3. The fourth-order valence-electron chi connectivity index (χ4n) is 6.95. The van der Waals surface area contributed by atoms with Gasteiger partial charge < -0.3 is 20.4 Å². The maximum absolute atomic E-state index is 11.0. The first kappa shape index (κ1) is 17.5. The van der Waals surface area contributed by atoms with Crippen LogP contribution in [0.25, 0.3) is 0 Å². The lowest BCUT2D eigenvalue weighted by molar-refractivity contribution is -0.131. The molecule has 4 N–H and O–H groups in total. The normalized spacial score (nSPS) is 57.7. The van der Waals surface area contributed by atoms with E-state index in [1.54, 1.807) is 6.08 Å². The molecular formula is C21H30O4. The summed E-state index contributed by atoms with van der Waals surface area (Å²) in [5.74, 6) is 3.14. The van der Waals surface area contributed by atoms with Crippen LogP contribution in [0.4, 0.5) is 0 Å². The van der Waals surface area contributed by atoms with Crippen LogP contribution in [0.5, 0.6) is 0 Å². The van der Waals surface area contributed by atoms with Gasteiger partial charge in [0, 0.05) is 5.41 Å². The zero-order valence-electron chi connectivity index (χ0n) is 15.2. The van der Waals surface area contributed by atoms with Crippen molar-refractivity contribution >= 4 is 0 Å². The van der Waals surface area contributed by atoms with Crippen LogP contribution in [0.15, 0.2) is 11.6 Å². The molecule has 0 aliphatic heterocycles. The number of terminal acetylenes is 1. The van der Waals surface area contributed by atoms with Gasteiger partial charge in [0.15, 0.2) is 0 Å². The first-order valence-corrected chi connectivity index (χ1v) is 9.64. The van der Waals surface area contributed by atoms with Crippen molar-refractivity contribution in [2.75, 3.05) is 0 Å². The number of aliphatic hydroxyl groups excluding tert-OH is 3. The number of aliphatic hydroxyl groups is 4. The van der Waals surface area contributed by atoms with E-state index in [4.69, 9.17) is 6.42 Å². The lowest BCUT2D eigenvalue weighted by Crippen LogP contribution is -2.59. The van der Waals surface area contributed by atoms with Crippen LogP contribution in [-0.2, 0) is 0 Å². The molecule has 25 heavy (non-hydrogen) atoms. The Hall–Kier alpha value is -0.860. The van der Waals surface area contributed by atoms with Gasteiger partial charge in [-0.3, -0.25) is 0 Å². The summed E-state index contributed by atoms with van der Waals surface area (Å²) in [7, 11) is 0. The maximum Gasteiger partial charge on any atom is 0.130 e. The summed E-state index contributed by atoms with van der Waals surface area (Å²) in [5.41, 5.74) is -0.830. The quantitative estimate of drug-likeness (QED) is 0.397. The minimum atomic E-state index is -1.09. The third kappa shape index (κ3) is 2.04. The van der Waals surface area contributed by atoms with E-state index in [1.807, 2.05) is 0 Å². The smallest absolute Gasteiger partial charge is 0.130 e. The number of hydrogen-bond donors (Lipinski definition) is 4. The molecule has 0 amide bonds. The predicted molar refractivity (Wildman–Crippen MR) is 94.3 cm³/mol. The van der Waals surface area contributed by atoms with E-state index in [0.29, 0.717) is 12.8 Å². The summed E-state index contributed by atoms with van der Waals surface area (Å²) < 4.78 is 0. The zero-order valence-corrected chi connectivity index (χ0v) is 15.2. The molecule has 0 spiro atoms. The molecule has 0 unspecified atom stereocenters. The number of rotatable bonds is 0. The standard InChI is InChI=1S/C21H30O4/c1-4-21(25)10-6-13-17-12(5-9-20(13,21)3)19(2)8-7-15(22)18(24)14(19)11-16(17)23/h1,11-13,15-18,22-25H,5-10H2,2-3H3/t12-,13-,15+,16+,17+,18+,19+,20-,21-/m0/s1. The largest absolute Gasteiger partial charge is 0.390 e. The Balaban J connectivity index is 1.77. The molecule has 0 bridgehead atoms. The molecule has 0 saturated heterocycles. The molecule has 0 aromatic heterocycles. The van der Waals surface area contributed by atoms with E-state index >= 15 is 0 Å². The van der Waals surface area contributed by atoms with Crippen molar-refractivity contribution in [1.82, 2.24) is 0 Å². The Bertz CT molecular complexity index is 651. The second kappa shape index (κ2) is 5.33. The van der Waals surface area contributed by atoms with Gasteiger partial charge in [0.05, 0.1) is 12.2 Å². The van der Waals surface area contributed by atoms with E-state index in [2.05, 4.69) is 19.8 Å². The Labute approximate surface area is 150 Å². The van der Waals surface area contributed by atoms with Crippen molar-refractivity contribution in [1.29, 1.82) is 0 Å². The average Bonchev–Trinajstić information content (AvgIpc) is 2.86. The molecule has 4 nitrogen and oxygen atoms in total. The first-order valence-electron chi connectivity index (χ1n) is 9.64. The SMILES string of the molecule is C#C[C@]1(O)CC[C@H]2[C@@H]3[C@H](O)C=C4[C@@H](O)[C@H](O)CC[C@]4(C)[C@H]3CC[C@@]21C. The Kier molecular flexibility index (Phi) is 3.74. The summed E-state index contributed by atoms with van der Waals surface area (Å²) in [6, 6.07) is 0. The van der Waals surface area contributed by atoms with Gasteiger partial charge in [-0.2, -0.15) is 0 Å². The third-order valence-electron chi connectivity index (χ3n) is 8.59. The van der Waals surface area contributed by atoms with E-state index in [0.717, 1.165) is 31.3 Å². The Morgan fingerprint density at radius 3 is 2.40 bits per heavy atom. The summed E-state index contributed by atoms with van der Waals surface area (Å²) in [4.78, 5) is 0. The van der Waals surface area contributed by atoms with Gasteiger partial charge >= 0.3 is 0 Å². The van der Waals surface area contributed by atoms with Crippen molar-refractivity contribution < 1.29 is 20.4 Å². The third-order valence-corrected chi connectivity index (χ3v) is 8.59. The summed E-state index contributed by atoms with van der Waals surface area (Å²) in [6.07, 6.45) is 9.78. The van der Waals surface area contributed by atoms with Gasteiger partial charge in [-0.15, -0.1) is 6.42 Å². The lowest BCUT2D eigenvalue weighted by atomic mass is 9.46. The van der Waals surface area contributed by atoms with Gasteiger partial charge in [-0.1, -0.05) is 25.8 Å². The molecule has 0 aromatic carbocycles. The first-order chi connectivity index (χ1) is 11.7. The molecular weight excluding hydrogens is 316 g/mol. The van der Waals surface area contributed by atoms with Gasteiger partial charge in [0.1, 0.15) is 11.7 Å². The van der Waals surface area contributed by atoms with E-state index in [-0.39, 0.29) is 28.6 Å². The highest BCUT2D eigenvalue weighted by Gasteiger charge is 2.65. The van der Waals surface area contributed by atoms with Crippen molar-refractivity contribution in [3.8, 4) is 12.3 Å². The Morgan fingerprint density at radius 1 is 1.04 bits per heavy atom. The number of fused-ring (bicyclic) bond motifs is 5. The van der Waals surface area contributed by atoms with Crippen LogP contribution in [0.1, 0.15) is 52.4 Å². The molecule has 4 rings (SSSR count). The molecule has 0 heterocycles. The van der Waals surface area contributed by atoms with Gasteiger partial charge in [-0.05, 0) is 67.3 Å². The van der Waals surface area contributed by atoms with Crippen LogP contribution in [-0.4, -0.2) is 44.3 Å². The Morgan fingerprint density at radius 2 is 1.72 bits per heavy atom. The van der Waals surface area contributed by atoms with Gasteiger partial charge in [0.25, 0.3) is 0 Å². The van der Waals surface area contributed by atoms with E-state index < -0.39 is 23.9 Å². The summed E-state index contributed by atoms with van der Waals surface area (Å²) >= 11 is 0. The van der Waals surface area contributed by atoms with Crippen LogP contribution in [0.3, 0.4) is 0 Å². The fraction of sp³-hybridized carbons (Fsp3) is 0.810. The van der Waals surface area contributed by atoms with Crippen LogP contribution >= 0.6 is 0 Å². The van der Waals surface area contributed by atoms with Gasteiger partial charge in [-0.25, -0.2) is 0 Å². The highest BCUT2D eigenvalue weighted by Crippen LogP contribution is 2.66. The van der Waals surface area contributed by atoms with Crippen LogP contribution in [0.2, 0.25) is 0 Å².